The van der Waals surface area contributed by atoms with Crippen LogP contribution >= 0.6 is 0 Å². The zero-order chi connectivity index (χ0) is 14.8. The van der Waals surface area contributed by atoms with Crippen molar-refractivity contribution in [2.45, 2.75) is 49.6 Å². The van der Waals surface area contributed by atoms with Gasteiger partial charge in [0.25, 0.3) is 10.1 Å². The van der Waals surface area contributed by atoms with E-state index in [0.717, 1.165) is 31.2 Å². The Morgan fingerprint density at radius 3 is 2.30 bits per heavy atom. The maximum absolute atomic E-state index is 12.3. The maximum atomic E-state index is 12.3. The Bertz CT molecular complexity index is 537. The summed E-state index contributed by atoms with van der Waals surface area (Å²) < 4.78 is 30.2. The van der Waals surface area contributed by atoms with Crippen LogP contribution in [0.3, 0.4) is 0 Å². The monoisotopic (exact) mass is 297 g/mol. The Hall–Kier alpha value is -0.910. The van der Waals surface area contributed by atoms with Crippen LogP contribution in [-0.4, -0.2) is 39.6 Å². The SMILES string of the molecule is Cc1ccc(S(=O)(=O)O[C@@H]2CCCC[C@@H]2N(C)C)cc1. The van der Waals surface area contributed by atoms with Crippen molar-refractivity contribution >= 4 is 10.1 Å². The molecule has 0 amide bonds. The maximum Gasteiger partial charge on any atom is 0.297 e. The second-order valence-electron chi connectivity index (χ2n) is 5.72. The number of rotatable bonds is 4. The lowest BCUT2D eigenvalue weighted by Crippen LogP contribution is -2.43. The van der Waals surface area contributed by atoms with Gasteiger partial charge < -0.3 is 4.90 Å². The van der Waals surface area contributed by atoms with Gasteiger partial charge in [0, 0.05) is 6.04 Å². The first-order chi connectivity index (χ1) is 9.40. The van der Waals surface area contributed by atoms with Crippen LogP contribution in [0.1, 0.15) is 31.2 Å². The smallest absolute Gasteiger partial charge is 0.297 e. The van der Waals surface area contributed by atoms with Crippen molar-refractivity contribution in [3.63, 3.8) is 0 Å². The molecule has 2 rings (SSSR count). The molecular formula is C15H23NO3S. The van der Waals surface area contributed by atoms with E-state index in [2.05, 4.69) is 4.90 Å². The van der Waals surface area contributed by atoms with Crippen molar-refractivity contribution in [2.24, 2.45) is 0 Å². The minimum absolute atomic E-state index is 0.170. The lowest BCUT2D eigenvalue weighted by Gasteiger charge is -2.35. The van der Waals surface area contributed by atoms with Crippen LogP contribution in [0.25, 0.3) is 0 Å². The molecule has 0 aromatic heterocycles. The minimum atomic E-state index is -3.67. The number of benzene rings is 1. The molecule has 1 saturated carbocycles. The molecule has 0 saturated heterocycles. The summed E-state index contributed by atoms with van der Waals surface area (Å²) in [6, 6.07) is 6.97. The number of likely N-dealkylation sites (N-methyl/N-ethyl adjacent to an activating group) is 1. The normalized spacial score (nSPS) is 24.0. The average Bonchev–Trinajstić information content (AvgIpc) is 2.39. The van der Waals surface area contributed by atoms with Crippen LogP contribution in [0.4, 0.5) is 0 Å². The molecule has 0 spiro atoms. The van der Waals surface area contributed by atoms with Crippen LogP contribution in [0.5, 0.6) is 0 Å². The van der Waals surface area contributed by atoms with Crippen molar-refractivity contribution in [1.82, 2.24) is 4.90 Å². The summed E-state index contributed by atoms with van der Waals surface area (Å²) in [5.74, 6) is 0. The first-order valence-electron chi connectivity index (χ1n) is 7.06. The highest BCUT2D eigenvalue weighted by atomic mass is 32.2. The van der Waals surface area contributed by atoms with Gasteiger partial charge in [-0.2, -0.15) is 8.42 Å². The molecule has 112 valence electrons. The molecule has 1 aliphatic rings. The van der Waals surface area contributed by atoms with Gasteiger partial charge in [-0.05, 0) is 46.0 Å². The zero-order valence-electron chi connectivity index (χ0n) is 12.4. The van der Waals surface area contributed by atoms with Crippen molar-refractivity contribution in [3.05, 3.63) is 29.8 Å². The summed E-state index contributed by atoms with van der Waals surface area (Å²) in [5, 5.41) is 0. The van der Waals surface area contributed by atoms with Gasteiger partial charge >= 0.3 is 0 Å². The molecule has 0 bridgehead atoms. The van der Waals surface area contributed by atoms with Crippen LogP contribution in [-0.2, 0) is 14.3 Å². The van der Waals surface area contributed by atoms with Crippen molar-refractivity contribution in [3.8, 4) is 0 Å². The van der Waals surface area contributed by atoms with E-state index in [1.165, 1.54) is 0 Å². The third kappa shape index (κ3) is 3.59. The summed E-state index contributed by atoms with van der Waals surface area (Å²) in [6.45, 7) is 1.93. The van der Waals surface area contributed by atoms with Crippen molar-refractivity contribution < 1.29 is 12.6 Å². The highest BCUT2D eigenvalue weighted by Gasteiger charge is 2.32. The lowest BCUT2D eigenvalue weighted by molar-refractivity contribution is 0.0672. The number of nitrogens with zero attached hydrogens (tertiary/aromatic N) is 1. The predicted molar refractivity (Wildman–Crippen MR) is 79.2 cm³/mol. The molecule has 0 radical (unpaired) electrons. The molecule has 0 heterocycles. The molecule has 5 heteroatoms. The fourth-order valence-corrected chi connectivity index (χ4v) is 3.83. The van der Waals surface area contributed by atoms with E-state index in [4.69, 9.17) is 4.18 Å². The molecule has 4 nitrogen and oxygen atoms in total. The third-order valence-electron chi connectivity index (χ3n) is 3.89. The lowest BCUT2D eigenvalue weighted by atomic mass is 9.92. The van der Waals surface area contributed by atoms with Crippen LogP contribution in [0.15, 0.2) is 29.2 Å². The van der Waals surface area contributed by atoms with Gasteiger partial charge in [-0.25, -0.2) is 0 Å². The van der Waals surface area contributed by atoms with E-state index in [9.17, 15) is 8.42 Å². The summed E-state index contributed by atoms with van der Waals surface area (Å²) in [5.41, 5.74) is 1.03. The van der Waals surface area contributed by atoms with Gasteiger partial charge in [-0.1, -0.05) is 30.5 Å². The van der Waals surface area contributed by atoms with Gasteiger partial charge in [-0.3, -0.25) is 4.18 Å². The Morgan fingerprint density at radius 1 is 1.10 bits per heavy atom. The van der Waals surface area contributed by atoms with Crippen molar-refractivity contribution in [1.29, 1.82) is 0 Å². The number of hydrogen-bond acceptors (Lipinski definition) is 4. The van der Waals surface area contributed by atoms with E-state index in [0.29, 0.717) is 0 Å². The molecule has 0 unspecified atom stereocenters. The second kappa shape index (κ2) is 6.24. The van der Waals surface area contributed by atoms with Gasteiger partial charge in [-0.15, -0.1) is 0 Å². The van der Waals surface area contributed by atoms with Gasteiger partial charge in [0.15, 0.2) is 0 Å². The van der Waals surface area contributed by atoms with E-state index in [-0.39, 0.29) is 17.0 Å². The topological polar surface area (TPSA) is 46.6 Å². The summed E-state index contributed by atoms with van der Waals surface area (Å²) in [4.78, 5) is 2.31. The number of hydrogen-bond donors (Lipinski definition) is 0. The molecule has 1 aromatic rings. The number of aryl methyl sites for hydroxylation is 1. The highest BCUT2D eigenvalue weighted by molar-refractivity contribution is 7.86. The molecule has 0 aliphatic heterocycles. The third-order valence-corrected chi connectivity index (χ3v) is 5.24. The molecule has 1 aromatic carbocycles. The standard InChI is InChI=1S/C15H23NO3S/c1-12-8-10-13(11-9-12)20(17,18)19-15-7-5-4-6-14(15)16(2)3/h8-11,14-15H,4-7H2,1-3H3/t14-,15+/m0/s1. The quantitative estimate of drug-likeness (QED) is 0.801. The second-order valence-corrected chi connectivity index (χ2v) is 7.29. The predicted octanol–water partition coefficient (Wildman–Crippen LogP) is 2.57. The first-order valence-corrected chi connectivity index (χ1v) is 8.47. The molecule has 1 fully saturated rings. The van der Waals surface area contributed by atoms with E-state index < -0.39 is 10.1 Å². The Balaban J connectivity index is 2.16. The molecule has 2 atom stereocenters. The highest BCUT2D eigenvalue weighted by Crippen LogP contribution is 2.27. The summed E-state index contributed by atoms with van der Waals surface area (Å²) in [7, 11) is 0.284. The Morgan fingerprint density at radius 2 is 1.70 bits per heavy atom. The molecule has 1 aliphatic carbocycles. The van der Waals surface area contributed by atoms with Gasteiger partial charge in [0.05, 0.1) is 11.0 Å². The fraction of sp³-hybridized carbons (Fsp3) is 0.600. The Kier molecular flexibility index (Phi) is 4.83. The van der Waals surface area contributed by atoms with Crippen LogP contribution in [0.2, 0.25) is 0 Å². The van der Waals surface area contributed by atoms with E-state index >= 15 is 0 Å². The van der Waals surface area contributed by atoms with Crippen LogP contribution in [0, 0.1) is 6.92 Å². The minimum Gasteiger partial charge on any atom is -0.304 e. The van der Waals surface area contributed by atoms with Crippen molar-refractivity contribution in [2.75, 3.05) is 14.1 Å². The van der Waals surface area contributed by atoms with E-state index in [1.54, 1.807) is 24.3 Å². The molecular weight excluding hydrogens is 274 g/mol. The average molecular weight is 297 g/mol. The van der Waals surface area contributed by atoms with Crippen LogP contribution < -0.4 is 0 Å². The zero-order valence-corrected chi connectivity index (χ0v) is 13.2. The summed E-state index contributed by atoms with van der Waals surface area (Å²) >= 11 is 0. The van der Waals surface area contributed by atoms with Gasteiger partial charge in [0.1, 0.15) is 0 Å². The fourth-order valence-electron chi connectivity index (χ4n) is 2.70. The van der Waals surface area contributed by atoms with Gasteiger partial charge in [0.2, 0.25) is 0 Å². The Labute approximate surface area is 121 Å². The largest absolute Gasteiger partial charge is 0.304 e. The summed E-state index contributed by atoms with van der Waals surface area (Å²) in [6.07, 6.45) is 3.70. The molecule has 20 heavy (non-hydrogen) atoms. The van der Waals surface area contributed by atoms with E-state index in [1.807, 2.05) is 21.0 Å². The molecule has 0 N–H and O–H groups in total. The first kappa shape index (κ1) is 15.5.